The van der Waals surface area contributed by atoms with Crippen molar-refractivity contribution < 1.29 is 29.6 Å². The van der Waals surface area contributed by atoms with Crippen molar-refractivity contribution in [1.82, 2.24) is 5.32 Å². The van der Waals surface area contributed by atoms with Crippen molar-refractivity contribution in [3.63, 3.8) is 0 Å². The van der Waals surface area contributed by atoms with Crippen LogP contribution in [0.2, 0.25) is 0 Å². The number of amides is 1. The Morgan fingerprint density at radius 1 is 1.30 bits per heavy atom. The van der Waals surface area contributed by atoms with Crippen molar-refractivity contribution in [3.05, 3.63) is 0 Å². The fraction of sp³-hybridized carbons (Fsp3) is 0.923. The Bertz CT molecular complexity index is 301. The molecule has 118 valence electrons. The van der Waals surface area contributed by atoms with Gasteiger partial charge in [-0.1, -0.05) is 19.8 Å². The summed E-state index contributed by atoms with van der Waals surface area (Å²) in [5.74, 6) is -0.352. The Hall–Kier alpha value is -0.730. The van der Waals surface area contributed by atoms with Gasteiger partial charge < -0.3 is 30.1 Å². The summed E-state index contributed by atoms with van der Waals surface area (Å²) in [6.07, 6.45) is -1.44. The molecule has 5 atom stereocenters. The average molecular weight is 291 g/mol. The Morgan fingerprint density at radius 2 is 2.00 bits per heavy atom. The van der Waals surface area contributed by atoms with Gasteiger partial charge in [-0.2, -0.15) is 0 Å². The molecule has 20 heavy (non-hydrogen) atoms. The van der Waals surface area contributed by atoms with Crippen LogP contribution in [0.1, 0.15) is 33.1 Å². The first-order valence-corrected chi connectivity index (χ1v) is 7.02. The maximum Gasteiger partial charge on any atom is 0.217 e. The van der Waals surface area contributed by atoms with E-state index in [0.717, 1.165) is 19.3 Å². The molecule has 0 spiro atoms. The van der Waals surface area contributed by atoms with Crippen molar-refractivity contribution in [2.45, 2.75) is 63.8 Å². The van der Waals surface area contributed by atoms with E-state index in [9.17, 15) is 15.0 Å². The number of carbonyl (C=O) groups is 1. The van der Waals surface area contributed by atoms with E-state index >= 15 is 0 Å². The lowest BCUT2D eigenvalue weighted by atomic mass is 9.97. The highest BCUT2D eigenvalue weighted by Gasteiger charge is 2.45. The van der Waals surface area contributed by atoms with Gasteiger partial charge in [-0.05, 0) is 6.42 Å². The minimum absolute atomic E-state index is 0.352. The van der Waals surface area contributed by atoms with E-state index in [-0.39, 0.29) is 5.91 Å². The molecule has 1 heterocycles. The number of aliphatic hydroxyl groups is 3. The molecule has 0 saturated carbocycles. The summed E-state index contributed by atoms with van der Waals surface area (Å²) < 4.78 is 10.9. The summed E-state index contributed by atoms with van der Waals surface area (Å²) in [6.45, 7) is 3.37. The third-order valence-corrected chi connectivity index (χ3v) is 3.28. The molecule has 1 fully saturated rings. The van der Waals surface area contributed by atoms with Crippen LogP contribution in [0.15, 0.2) is 0 Å². The number of hydrogen-bond donors (Lipinski definition) is 4. The summed E-state index contributed by atoms with van der Waals surface area (Å²) in [6, 6.07) is -0.855. The van der Waals surface area contributed by atoms with Gasteiger partial charge in [-0.25, -0.2) is 0 Å². The predicted molar refractivity (Wildman–Crippen MR) is 70.8 cm³/mol. The van der Waals surface area contributed by atoms with Gasteiger partial charge in [0.1, 0.15) is 24.4 Å². The Kier molecular flexibility index (Phi) is 7.39. The second kappa shape index (κ2) is 8.53. The predicted octanol–water partition coefficient (Wildman–Crippen LogP) is -0.863. The van der Waals surface area contributed by atoms with Crippen molar-refractivity contribution in [2.24, 2.45) is 0 Å². The van der Waals surface area contributed by atoms with Gasteiger partial charge in [0.2, 0.25) is 5.91 Å². The number of rotatable bonds is 7. The lowest BCUT2D eigenvalue weighted by Gasteiger charge is -2.42. The SMILES string of the molecule is CCCCCO[C@@H]1O[C@@H](CO)[C@@H](O)[C@@H](O)[C@@H]1NC(C)=O. The minimum atomic E-state index is -1.27. The topological polar surface area (TPSA) is 108 Å². The Morgan fingerprint density at radius 3 is 2.55 bits per heavy atom. The minimum Gasteiger partial charge on any atom is -0.394 e. The number of carbonyl (C=O) groups excluding carboxylic acids is 1. The molecule has 0 aromatic heterocycles. The zero-order valence-corrected chi connectivity index (χ0v) is 12.0. The summed E-state index contributed by atoms with van der Waals surface area (Å²) in [4.78, 5) is 11.2. The molecule has 0 unspecified atom stereocenters. The summed E-state index contributed by atoms with van der Waals surface area (Å²) >= 11 is 0. The Balaban J connectivity index is 2.65. The van der Waals surface area contributed by atoms with Gasteiger partial charge in [-0.15, -0.1) is 0 Å². The van der Waals surface area contributed by atoms with Crippen LogP contribution in [0, 0.1) is 0 Å². The normalized spacial score (nSPS) is 34.0. The van der Waals surface area contributed by atoms with Crippen molar-refractivity contribution >= 4 is 5.91 Å². The number of nitrogens with one attached hydrogen (secondary N) is 1. The van der Waals surface area contributed by atoms with E-state index in [1.54, 1.807) is 0 Å². The standard InChI is InChI=1S/C13H25NO6/c1-3-4-5-6-19-13-10(14-8(2)16)12(18)11(17)9(7-15)20-13/h9-13,15,17-18H,3-7H2,1-2H3,(H,14,16)/t9-,10-,11+,12-,13+/m0/s1. The molecule has 4 N–H and O–H groups in total. The molecule has 1 amide bonds. The molecular formula is C13H25NO6. The van der Waals surface area contributed by atoms with Crippen LogP contribution in [0.25, 0.3) is 0 Å². The van der Waals surface area contributed by atoms with Gasteiger partial charge in [0.05, 0.1) is 6.61 Å². The first-order valence-electron chi connectivity index (χ1n) is 7.02. The molecule has 0 aromatic carbocycles. The highest BCUT2D eigenvalue weighted by atomic mass is 16.7. The fourth-order valence-electron chi connectivity index (χ4n) is 2.16. The van der Waals surface area contributed by atoms with Crippen LogP contribution >= 0.6 is 0 Å². The number of aliphatic hydroxyl groups excluding tert-OH is 3. The second-order valence-corrected chi connectivity index (χ2v) is 5.01. The maximum atomic E-state index is 11.2. The van der Waals surface area contributed by atoms with Crippen molar-refractivity contribution in [2.75, 3.05) is 13.2 Å². The Labute approximate surface area is 118 Å². The molecule has 1 saturated heterocycles. The third-order valence-electron chi connectivity index (χ3n) is 3.28. The monoisotopic (exact) mass is 291 g/mol. The van der Waals surface area contributed by atoms with Crippen LogP contribution in [-0.4, -0.2) is 65.1 Å². The summed E-state index contributed by atoms with van der Waals surface area (Å²) in [5.41, 5.74) is 0. The number of hydrogen-bond acceptors (Lipinski definition) is 6. The molecule has 0 aliphatic carbocycles. The summed E-state index contributed by atoms with van der Waals surface area (Å²) in [7, 11) is 0. The molecule has 1 rings (SSSR count). The largest absolute Gasteiger partial charge is 0.394 e. The van der Waals surface area contributed by atoms with Crippen LogP contribution in [0.4, 0.5) is 0 Å². The molecule has 1 aliphatic rings. The van der Waals surface area contributed by atoms with Crippen molar-refractivity contribution in [1.29, 1.82) is 0 Å². The maximum absolute atomic E-state index is 11.2. The van der Waals surface area contributed by atoms with Gasteiger partial charge >= 0.3 is 0 Å². The highest BCUT2D eigenvalue weighted by Crippen LogP contribution is 2.22. The average Bonchev–Trinajstić information content (AvgIpc) is 2.41. The molecule has 1 aliphatic heterocycles. The molecule has 7 heteroatoms. The van der Waals surface area contributed by atoms with Gasteiger partial charge in [0, 0.05) is 13.5 Å². The third kappa shape index (κ3) is 4.68. The lowest BCUT2D eigenvalue weighted by molar-refractivity contribution is -0.270. The number of ether oxygens (including phenoxy) is 2. The van der Waals surface area contributed by atoms with E-state index in [0.29, 0.717) is 6.61 Å². The van der Waals surface area contributed by atoms with Crippen molar-refractivity contribution in [3.8, 4) is 0 Å². The van der Waals surface area contributed by atoms with Gasteiger partial charge in [0.25, 0.3) is 0 Å². The molecule has 0 radical (unpaired) electrons. The van der Waals surface area contributed by atoms with E-state index in [4.69, 9.17) is 14.6 Å². The van der Waals surface area contributed by atoms with Crippen LogP contribution in [0.3, 0.4) is 0 Å². The second-order valence-electron chi connectivity index (χ2n) is 5.01. The van der Waals surface area contributed by atoms with E-state index in [2.05, 4.69) is 12.2 Å². The molecule has 0 aromatic rings. The van der Waals surface area contributed by atoms with Gasteiger partial charge in [-0.3, -0.25) is 4.79 Å². The number of unbranched alkanes of at least 4 members (excludes halogenated alkanes) is 2. The quantitative estimate of drug-likeness (QED) is 0.454. The van der Waals surface area contributed by atoms with E-state index in [1.165, 1.54) is 6.92 Å². The van der Waals surface area contributed by atoms with E-state index in [1.807, 2.05) is 0 Å². The van der Waals surface area contributed by atoms with E-state index < -0.39 is 37.3 Å². The van der Waals surface area contributed by atoms with Crippen LogP contribution in [-0.2, 0) is 14.3 Å². The van der Waals surface area contributed by atoms with Gasteiger partial charge in [0.15, 0.2) is 6.29 Å². The van der Waals surface area contributed by atoms with Crippen LogP contribution in [0.5, 0.6) is 0 Å². The molecule has 0 bridgehead atoms. The zero-order valence-electron chi connectivity index (χ0n) is 12.0. The first-order chi connectivity index (χ1) is 9.51. The fourth-order valence-corrected chi connectivity index (χ4v) is 2.16. The highest BCUT2D eigenvalue weighted by molar-refractivity contribution is 5.73. The van der Waals surface area contributed by atoms with Crippen LogP contribution < -0.4 is 5.32 Å². The smallest absolute Gasteiger partial charge is 0.217 e. The zero-order chi connectivity index (χ0) is 15.1. The first kappa shape index (κ1) is 17.3. The molecule has 7 nitrogen and oxygen atoms in total. The molecular weight excluding hydrogens is 266 g/mol. The lowest BCUT2D eigenvalue weighted by Crippen LogP contribution is -2.64. The summed E-state index contributed by atoms with van der Waals surface area (Å²) in [5, 5.41) is 31.5.